The largest absolute Gasteiger partial charge is 0.462 e. The molecular formula is C31H40N4O5. The molecule has 0 saturated carbocycles. The van der Waals surface area contributed by atoms with Crippen molar-refractivity contribution in [3.05, 3.63) is 66.1 Å². The Morgan fingerprint density at radius 3 is 2.60 bits per heavy atom. The van der Waals surface area contributed by atoms with E-state index in [-0.39, 0.29) is 31.3 Å². The number of rotatable bonds is 4. The van der Waals surface area contributed by atoms with Gasteiger partial charge in [-0.25, -0.2) is 0 Å². The second-order valence-corrected chi connectivity index (χ2v) is 11.3. The first-order chi connectivity index (χ1) is 19.4. The number of benzene rings is 1. The van der Waals surface area contributed by atoms with Crippen molar-refractivity contribution in [1.29, 1.82) is 0 Å². The number of carbonyl (C=O) groups is 2. The third-order valence-corrected chi connectivity index (χ3v) is 8.58. The summed E-state index contributed by atoms with van der Waals surface area (Å²) in [6.45, 7) is 2.88. The Morgan fingerprint density at radius 2 is 1.80 bits per heavy atom. The predicted octanol–water partition coefficient (Wildman–Crippen LogP) is 3.06. The summed E-state index contributed by atoms with van der Waals surface area (Å²) in [5, 5.41) is 22.2. The van der Waals surface area contributed by atoms with Crippen LogP contribution in [-0.2, 0) is 27.3 Å². The lowest BCUT2D eigenvalue weighted by atomic mass is 9.74. The van der Waals surface area contributed by atoms with Gasteiger partial charge >= 0.3 is 5.97 Å². The summed E-state index contributed by atoms with van der Waals surface area (Å²) in [6.07, 6.45) is 5.42. The molecule has 2 saturated heterocycles. The van der Waals surface area contributed by atoms with Gasteiger partial charge in [0.15, 0.2) is 0 Å². The Bertz CT molecular complexity index is 1270. The summed E-state index contributed by atoms with van der Waals surface area (Å²) in [5.74, 6) is -0.297. The van der Waals surface area contributed by atoms with Crippen LogP contribution in [0.3, 0.4) is 0 Å². The van der Waals surface area contributed by atoms with Crippen molar-refractivity contribution in [2.75, 3.05) is 32.8 Å². The smallest absolute Gasteiger partial charge is 0.312 e. The lowest BCUT2D eigenvalue weighted by molar-refractivity contribution is -0.165. The van der Waals surface area contributed by atoms with E-state index in [0.717, 1.165) is 54.6 Å². The molecule has 1 amide bonds. The highest BCUT2D eigenvalue weighted by Crippen LogP contribution is 2.38. The molecule has 40 heavy (non-hydrogen) atoms. The van der Waals surface area contributed by atoms with E-state index in [9.17, 15) is 19.8 Å². The Morgan fingerprint density at radius 1 is 1.00 bits per heavy atom. The zero-order chi connectivity index (χ0) is 28.0. The SMILES string of the molecule is O=C(Cc1c[nH]c2ccccc12)N1CCCCC2(CCN(Cc3ccccn3)CC2)C(=O)OC[C@@H](O)[C@@H](O)CC1. The van der Waals surface area contributed by atoms with Crippen LogP contribution in [0, 0.1) is 5.41 Å². The first kappa shape index (κ1) is 28.3. The van der Waals surface area contributed by atoms with Gasteiger partial charge in [-0.1, -0.05) is 30.7 Å². The van der Waals surface area contributed by atoms with Crippen LogP contribution in [0.2, 0.25) is 0 Å². The zero-order valence-electron chi connectivity index (χ0n) is 23.0. The molecule has 9 nitrogen and oxygen atoms in total. The Balaban J connectivity index is 1.24. The van der Waals surface area contributed by atoms with E-state index in [1.807, 2.05) is 48.7 Å². The molecule has 3 N–H and O–H groups in total. The third-order valence-electron chi connectivity index (χ3n) is 8.58. The molecule has 2 atom stereocenters. The predicted molar refractivity (Wildman–Crippen MR) is 151 cm³/mol. The van der Waals surface area contributed by atoms with Gasteiger partial charge in [0.1, 0.15) is 12.7 Å². The van der Waals surface area contributed by atoms with Gasteiger partial charge in [-0.05, 0) is 69.0 Å². The molecule has 1 aromatic carbocycles. The van der Waals surface area contributed by atoms with Gasteiger partial charge < -0.3 is 24.8 Å². The standard InChI is InChI=1S/C31H40N4O5/c36-27-10-16-35(29(38)19-23-20-33-26-9-2-1-8-25(23)26)15-6-4-11-31(30(39)40-22-28(27)37)12-17-34(18-13-31)21-24-7-3-5-14-32-24/h1-3,5,7-9,14,20,27-28,33,36-37H,4,6,10-13,15-19,21-22H2/t27-,28+/m0/s1. The van der Waals surface area contributed by atoms with Crippen molar-refractivity contribution in [2.45, 2.75) is 63.7 Å². The second-order valence-electron chi connectivity index (χ2n) is 11.3. The summed E-state index contributed by atoms with van der Waals surface area (Å²) in [7, 11) is 0. The summed E-state index contributed by atoms with van der Waals surface area (Å²) in [6, 6.07) is 13.8. The fourth-order valence-electron chi connectivity index (χ4n) is 6.00. The van der Waals surface area contributed by atoms with Gasteiger partial charge in [0.2, 0.25) is 5.91 Å². The number of amides is 1. The van der Waals surface area contributed by atoms with Crippen molar-refractivity contribution in [3.8, 4) is 0 Å². The number of hydrogen-bond donors (Lipinski definition) is 3. The molecule has 2 aliphatic rings. The maximum atomic E-state index is 13.4. The first-order valence-electron chi connectivity index (χ1n) is 14.4. The number of fused-ring (bicyclic) bond motifs is 1. The molecule has 2 aliphatic heterocycles. The number of aliphatic hydroxyl groups excluding tert-OH is 2. The van der Waals surface area contributed by atoms with Gasteiger partial charge in [0.25, 0.3) is 0 Å². The molecule has 2 aromatic heterocycles. The first-order valence-corrected chi connectivity index (χ1v) is 14.4. The average Bonchev–Trinajstić information content (AvgIpc) is 3.38. The maximum Gasteiger partial charge on any atom is 0.312 e. The summed E-state index contributed by atoms with van der Waals surface area (Å²) >= 11 is 0. The molecule has 9 heteroatoms. The van der Waals surface area contributed by atoms with E-state index in [0.29, 0.717) is 32.4 Å². The van der Waals surface area contributed by atoms with Crippen molar-refractivity contribution in [3.63, 3.8) is 0 Å². The number of carbonyl (C=O) groups excluding carboxylic acids is 2. The lowest BCUT2D eigenvalue weighted by Crippen LogP contribution is -2.46. The molecule has 5 rings (SSSR count). The fourth-order valence-corrected chi connectivity index (χ4v) is 6.00. The highest BCUT2D eigenvalue weighted by molar-refractivity contribution is 5.88. The number of likely N-dealkylation sites (tertiary alicyclic amines) is 1. The fraction of sp³-hybridized carbons (Fsp3) is 0.516. The summed E-state index contributed by atoms with van der Waals surface area (Å²) < 4.78 is 5.61. The van der Waals surface area contributed by atoms with Crippen LogP contribution in [-0.4, -0.2) is 86.9 Å². The molecule has 2 fully saturated rings. The number of nitrogens with zero attached hydrogens (tertiary/aromatic N) is 3. The van der Waals surface area contributed by atoms with E-state index in [1.54, 1.807) is 11.1 Å². The van der Waals surface area contributed by atoms with E-state index >= 15 is 0 Å². The van der Waals surface area contributed by atoms with Crippen LogP contribution in [0.4, 0.5) is 0 Å². The number of para-hydroxylation sites is 1. The van der Waals surface area contributed by atoms with Crippen molar-refractivity contribution >= 4 is 22.8 Å². The number of piperidine rings is 1. The molecule has 0 bridgehead atoms. The molecular weight excluding hydrogens is 508 g/mol. The maximum absolute atomic E-state index is 13.4. The quantitative estimate of drug-likeness (QED) is 0.429. The normalized spacial score (nSPS) is 23.2. The lowest BCUT2D eigenvalue weighted by Gasteiger charge is -2.40. The van der Waals surface area contributed by atoms with Gasteiger partial charge in [0, 0.05) is 42.9 Å². The number of aliphatic hydroxyl groups is 2. The van der Waals surface area contributed by atoms with Crippen LogP contribution in [0.5, 0.6) is 0 Å². The van der Waals surface area contributed by atoms with Crippen molar-refractivity contribution in [1.82, 2.24) is 19.8 Å². The number of H-pyrrole nitrogens is 1. The van der Waals surface area contributed by atoms with Gasteiger partial charge in [-0.15, -0.1) is 0 Å². The van der Waals surface area contributed by atoms with Crippen LogP contribution in [0.25, 0.3) is 10.9 Å². The van der Waals surface area contributed by atoms with Crippen LogP contribution < -0.4 is 0 Å². The van der Waals surface area contributed by atoms with Crippen LogP contribution in [0.1, 0.15) is 49.8 Å². The Hall–Kier alpha value is -3.27. The zero-order valence-corrected chi connectivity index (χ0v) is 23.0. The van der Waals surface area contributed by atoms with Crippen LogP contribution >= 0.6 is 0 Å². The van der Waals surface area contributed by atoms with Crippen LogP contribution in [0.15, 0.2) is 54.9 Å². The highest BCUT2D eigenvalue weighted by atomic mass is 16.5. The third kappa shape index (κ3) is 6.71. The van der Waals surface area contributed by atoms with E-state index < -0.39 is 17.6 Å². The van der Waals surface area contributed by atoms with Gasteiger partial charge in [0.05, 0.1) is 23.6 Å². The minimum atomic E-state index is -1.20. The molecule has 0 aliphatic carbocycles. The molecule has 0 radical (unpaired) electrons. The Labute approximate surface area is 235 Å². The Kier molecular flexibility index (Phi) is 9.14. The minimum Gasteiger partial charge on any atom is -0.462 e. The second kappa shape index (κ2) is 12.9. The molecule has 1 spiro atoms. The number of esters is 1. The van der Waals surface area contributed by atoms with Crippen molar-refractivity contribution in [2.24, 2.45) is 5.41 Å². The van der Waals surface area contributed by atoms with E-state index in [2.05, 4.69) is 14.9 Å². The monoisotopic (exact) mass is 548 g/mol. The molecule has 3 aromatic rings. The number of pyridine rings is 1. The number of nitrogens with one attached hydrogen (secondary N) is 1. The highest BCUT2D eigenvalue weighted by Gasteiger charge is 2.42. The molecule has 214 valence electrons. The van der Waals surface area contributed by atoms with E-state index in [1.165, 1.54) is 0 Å². The number of ether oxygens (including phenoxy) is 1. The minimum absolute atomic E-state index is 0.00816. The average molecular weight is 549 g/mol. The number of cyclic esters (lactones) is 1. The molecule has 0 unspecified atom stereocenters. The summed E-state index contributed by atoms with van der Waals surface area (Å²) in [5.41, 5.74) is 2.32. The number of aromatic amines is 1. The topological polar surface area (TPSA) is 119 Å². The van der Waals surface area contributed by atoms with Gasteiger partial charge in [-0.2, -0.15) is 0 Å². The van der Waals surface area contributed by atoms with E-state index in [4.69, 9.17) is 4.74 Å². The van der Waals surface area contributed by atoms with Crippen molar-refractivity contribution < 1.29 is 24.5 Å². The number of aromatic nitrogens is 2. The number of hydrogen-bond acceptors (Lipinski definition) is 7. The van der Waals surface area contributed by atoms with Gasteiger partial charge in [-0.3, -0.25) is 19.5 Å². The molecule has 4 heterocycles. The summed E-state index contributed by atoms with van der Waals surface area (Å²) in [4.78, 5) is 38.5.